The minimum absolute atomic E-state index is 0.0736. The summed E-state index contributed by atoms with van der Waals surface area (Å²) in [5.74, 6) is 0.0736. The molecule has 0 N–H and O–H groups in total. The molecule has 2 aromatic carbocycles. The van der Waals surface area contributed by atoms with Crippen molar-refractivity contribution in [3.05, 3.63) is 64.1 Å². The predicted octanol–water partition coefficient (Wildman–Crippen LogP) is 2.71. The molecule has 0 spiro atoms. The van der Waals surface area contributed by atoms with Gasteiger partial charge in [-0.1, -0.05) is 34.1 Å². The van der Waals surface area contributed by atoms with Crippen molar-refractivity contribution < 1.29 is 13.2 Å². The average molecular weight is 391 g/mol. The molecule has 1 aliphatic heterocycles. The van der Waals surface area contributed by atoms with Crippen LogP contribution in [0.3, 0.4) is 0 Å². The van der Waals surface area contributed by atoms with Crippen molar-refractivity contribution >= 4 is 43.2 Å². The first kappa shape index (κ1) is 15.6. The fourth-order valence-corrected chi connectivity index (χ4v) is 3.73. The zero-order valence-corrected chi connectivity index (χ0v) is 14.4. The molecule has 116 valence electrons. The van der Waals surface area contributed by atoms with Crippen molar-refractivity contribution in [3.63, 3.8) is 0 Å². The molecule has 0 unspecified atom stereocenters. The molecule has 23 heavy (non-hydrogen) atoms. The van der Waals surface area contributed by atoms with E-state index >= 15 is 0 Å². The normalized spacial score (nSPS) is 15.7. The molecule has 6 nitrogen and oxygen atoms in total. The molecule has 0 saturated heterocycles. The second-order valence-electron chi connectivity index (χ2n) is 4.87. The summed E-state index contributed by atoms with van der Waals surface area (Å²) in [6.45, 7) is 0. The maximum absolute atomic E-state index is 12.5. The van der Waals surface area contributed by atoms with E-state index in [1.165, 1.54) is 12.1 Å². The van der Waals surface area contributed by atoms with Gasteiger partial charge in [0.15, 0.2) is 0 Å². The molecule has 0 radical (unpaired) electrons. The van der Waals surface area contributed by atoms with Crippen LogP contribution in [0.4, 0.5) is 5.69 Å². The van der Waals surface area contributed by atoms with Crippen LogP contribution in [0.15, 0.2) is 62.3 Å². The molecule has 0 atom stereocenters. The van der Waals surface area contributed by atoms with E-state index in [0.29, 0.717) is 11.3 Å². The van der Waals surface area contributed by atoms with Gasteiger partial charge in [-0.3, -0.25) is 0 Å². The second-order valence-corrected chi connectivity index (χ2v) is 7.39. The Morgan fingerprint density at radius 3 is 2.52 bits per heavy atom. The zero-order valence-electron chi connectivity index (χ0n) is 12.0. The van der Waals surface area contributed by atoms with Gasteiger partial charge in [-0.2, -0.15) is 13.2 Å². The van der Waals surface area contributed by atoms with E-state index in [9.17, 15) is 13.9 Å². The second kappa shape index (κ2) is 5.73. The molecule has 0 aliphatic carbocycles. The van der Waals surface area contributed by atoms with Crippen LogP contribution in [-0.2, 0) is 10.0 Å². The van der Waals surface area contributed by atoms with Crippen LogP contribution in [0.1, 0.15) is 5.56 Å². The number of anilines is 1. The molecule has 0 bridgehead atoms. The summed E-state index contributed by atoms with van der Waals surface area (Å²) in [5, 5.41) is 0. The first-order valence-corrected chi connectivity index (χ1v) is 8.83. The number of hydrogen-bond acceptors (Lipinski definition) is 2. The molecule has 0 aromatic heterocycles. The van der Waals surface area contributed by atoms with Gasteiger partial charge in [0, 0.05) is 11.5 Å². The molecule has 0 amide bonds. The number of likely N-dealkylation sites (N-methyl/N-ethyl adjacent to an activating group) is 1. The van der Waals surface area contributed by atoms with E-state index in [2.05, 4.69) is 25.1 Å². The average Bonchev–Trinajstić information content (AvgIpc) is 2.80. The van der Waals surface area contributed by atoms with Crippen molar-refractivity contribution in [2.75, 3.05) is 11.9 Å². The predicted molar refractivity (Wildman–Crippen MR) is 91.3 cm³/mol. The van der Waals surface area contributed by atoms with Crippen molar-refractivity contribution in [1.29, 1.82) is 0 Å². The summed E-state index contributed by atoms with van der Waals surface area (Å²) < 4.78 is 29.6. The highest BCUT2D eigenvalue weighted by Crippen LogP contribution is 2.31. The molecule has 8 heteroatoms. The van der Waals surface area contributed by atoms with E-state index in [0.717, 1.165) is 4.47 Å². The lowest BCUT2D eigenvalue weighted by atomic mass is 10.1. The number of sulfonamides is 1. The first-order chi connectivity index (χ1) is 10.9. The minimum Gasteiger partial charge on any atom is -0.361 e. The number of benzene rings is 2. The van der Waals surface area contributed by atoms with Crippen LogP contribution < -0.4 is 4.90 Å². The van der Waals surface area contributed by atoms with Crippen molar-refractivity contribution in [2.45, 2.75) is 4.90 Å². The van der Waals surface area contributed by atoms with Crippen molar-refractivity contribution in [2.24, 2.45) is 4.40 Å². The summed E-state index contributed by atoms with van der Waals surface area (Å²) in [6.07, 6.45) is 0. The van der Waals surface area contributed by atoms with Gasteiger partial charge in [0.1, 0.15) is 0 Å². The Morgan fingerprint density at radius 1 is 1.17 bits per heavy atom. The SMILES string of the molecule is CN1C(=NS(=O)(=O)c2ccccc2)C(=[N+]=[N-])c2ccc(Br)cc21. The number of amidine groups is 1. The van der Waals surface area contributed by atoms with Gasteiger partial charge in [-0.15, -0.1) is 4.40 Å². The monoisotopic (exact) mass is 390 g/mol. The van der Waals surface area contributed by atoms with Gasteiger partial charge >= 0.3 is 5.71 Å². The number of nitrogens with zero attached hydrogens (tertiary/aromatic N) is 4. The van der Waals surface area contributed by atoms with Crippen LogP contribution in [-0.4, -0.2) is 31.8 Å². The third kappa shape index (κ3) is 2.72. The van der Waals surface area contributed by atoms with Gasteiger partial charge in [0.25, 0.3) is 10.0 Å². The summed E-state index contributed by atoms with van der Waals surface area (Å²) in [4.78, 5) is 4.89. The third-order valence-corrected chi connectivity index (χ3v) is 5.23. The lowest BCUT2D eigenvalue weighted by Crippen LogP contribution is -2.28. The molecular weight excluding hydrogens is 380 g/mol. The smallest absolute Gasteiger partial charge is 0.361 e. The van der Waals surface area contributed by atoms with Gasteiger partial charge in [-0.05, 0) is 30.3 Å². The van der Waals surface area contributed by atoms with Crippen LogP contribution >= 0.6 is 15.9 Å². The Balaban J connectivity index is 2.16. The van der Waals surface area contributed by atoms with Crippen LogP contribution in [0.5, 0.6) is 0 Å². The lowest BCUT2D eigenvalue weighted by molar-refractivity contribution is -0.000201. The van der Waals surface area contributed by atoms with E-state index in [1.54, 1.807) is 48.3 Å². The Morgan fingerprint density at radius 2 is 1.87 bits per heavy atom. The summed E-state index contributed by atoms with van der Waals surface area (Å²) in [6, 6.07) is 13.2. The quantitative estimate of drug-likeness (QED) is 0.583. The molecule has 3 rings (SSSR count). The largest absolute Gasteiger partial charge is 0.367 e. The van der Waals surface area contributed by atoms with E-state index in [4.69, 9.17) is 0 Å². The van der Waals surface area contributed by atoms with Crippen molar-refractivity contribution in [1.82, 2.24) is 0 Å². The Bertz CT molecular complexity index is 964. The Labute approximate surface area is 141 Å². The van der Waals surface area contributed by atoms with Crippen LogP contribution in [0, 0.1) is 0 Å². The number of fused-ring (bicyclic) bond motifs is 1. The third-order valence-electron chi connectivity index (χ3n) is 3.45. The van der Waals surface area contributed by atoms with Crippen molar-refractivity contribution in [3.8, 4) is 0 Å². The van der Waals surface area contributed by atoms with E-state index in [-0.39, 0.29) is 16.4 Å². The van der Waals surface area contributed by atoms with Gasteiger partial charge in [0.2, 0.25) is 5.84 Å². The van der Waals surface area contributed by atoms with Gasteiger partial charge in [0.05, 0.1) is 16.1 Å². The summed E-state index contributed by atoms with van der Waals surface area (Å²) in [5.41, 5.74) is 10.7. The highest BCUT2D eigenvalue weighted by atomic mass is 79.9. The summed E-state index contributed by atoms with van der Waals surface area (Å²) in [7, 11) is -2.24. The minimum atomic E-state index is -3.90. The zero-order chi connectivity index (χ0) is 16.6. The Hall–Kier alpha value is -2.28. The van der Waals surface area contributed by atoms with Crippen LogP contribution in [0.25, 0.3) is 5.53 Å². The van der Waals surface area contributed by atoms with Crippen LogP contribution in [0.2, 0.25) is 0 Å². The molecular formula is C15H11BrN4O2S. The first-order valence-electron chi connectivity index (χ1n) is 6.60. The molecule has 0 fully saturated rings. The highest BCUT2D eigenvalue weighted by molar-refractivity contribution is 9.10. The van der Waals surface area contributed by atoms with E-state index < -0.39 is 10.0 Å². The standard InChI is InChI=1S/C15H11BrN4O2S/c1-20-13-9-10(16)7-8-12(13)14(18-17)15(20)19-23(21,22)11-5-3-2-4-6-11/h2-9H,1H3. The van der Waals surface area contributed by atoms with Gasteiger partial charge < -0.3 is 10.4 Å². The molecule has 1 aliphatic rings. The maximum atomic E-state index is 12.5. The fourth-order valence-electron chi connectivity index (χ4n) is 2.34. The molecule has 0 saturated carbocycles. The topological polar surface area (TPSA) is 86.1 Å². The van der Waals surface area contributed by atoms with E-state index in [1.807, 2.05) is 0 Å². The lowest BCUT2D eigenvalue weighted by Gasteiger charge is -2.11. The Kier molecular flexibility index (Phi) is 3.89. The summed E-state index contributed by atoms with van der Waals surface area (Å²) >= 11 is 3.37. The number of hydrogen-bond donors (Lipinski definition) is 0. The highest BCUT2D eigenvalue weighted by Gasteiger charge is 2.38. The molecule has 2 aromatic rings. The maximum Gasteiger partial charge on any atom is 0.367 e. The number of rotatable bonds is 2. The fraction of sp³-hybridized carbons (Fsp3) is 0.0667. The number of halogens is 1. The van der Waals surface area contributed by atoms with Gasteiger partial charge in [-0.25, -0.2) is 0 Å². The molecule has 1 heterocycles.